The van der Waals surface area contributed by atoms with Gasteiger partial charge in [-0.3, -0.25) is 9.48 Å². The summed E-state index contributed by atoms with van der Waals surface area (Å²) in [6, 6.07) is 0.380. The number of hydrogen-bond acceptors (Lipinski definition) is 3. The number of rotatable bonds is 5. The van der Waals surface area contributed by atoms with Crippen molar-refractivity contribution in [1.82, 2.24) is 20.4 Å². The molecule has 5 nitrogen and oxygen atoms in total. The van der Waals surface area contributed by atoms with Gasteiger partial charge in [0, 0.05) is 38.3 Å². The normalized spacial score (nSPS) is 31.2. The molecular formula is C18H30N4O. The van der Waals surface area contributed by atoms with Crippen LogP contribution in [0.1, 0.15) is 56.9 Å². The van der Waals surface area contributed by atoms with E-state index < -0.39 is 0 Å². The molecule has 0 spiro atoms. The predicted octanol–water partition coefficient (Wildman–Crippen LogP) is 2.20. The van der Waals surface area contributed by atoms with Crippen LogP contribution in [-0.2, 0) is 11.8 Å². The predicted molar refractivity (Wildman–Crippen MR) is 91.1 cm³/mol. The van der Waals surface area contributed by atoms with Gasteiger partial charge in [-0.25, -0.2) is 0 Å². The van der Waals surface area contributed by atoms with E-state index in [0.29, 0.717) is 6.04 Å². The van der Waals surface area contributed by atoms with E-state index in [-0.39, 0.29) is 17.7 Å². The second-order valence-corrected chi connectivity index (χ2v) is 7.33. The Morgan fingerprint density at radius 1 is 1.35 bits per heavy atom. The van der Waals surface area contributed by atoms with Crippen molar-refractivity contribution in [1.29, 1.82) is 0 Å². The molecule has 2 N–H and O–H groups in total. The molecule has 0 radical (unpaired) electrons. The fraction of sp³-hybridized carbons (Fsp3) is 0.778. The second-order valence-electron chi connectivity index (χ2n) is 7.33. The number of hydrogen-bond donors (Lipinski definition) is 2. The lowest BCUT2D eigenvalue weighted by atomic mass is 9.83. The molecule has 0 unspecified atom stereocenters. The Hall–Kier alpha value is -1.36. The number of carbonyl (C=O) groups is 1. The Morgan fingerprint density at radius 2 is 2.13 bits per heavy atom. The van der Waals surface area contributed by atoms with Crippen LogP contribution < -0.4 is 10.6 Å². The molecule has 128 valence electrons. The first-order valence-electron chi connectivity index (χ1n) is 9.17. The first-order valence-corrected chi connectivity index (χ1v) is 9.17. The highest BCUT2D eigenvalue weighted by molar-refractivity contribution is 5.80. The van der Waals surface area contributed by atoms with Crippen LogP contribution in [0.4, 0.5) is 0 Å². The van der Waals surface area contributed by atoms with Crippen LogP contribution in [0.15, 0.2) is 12.4 Å². The topological polar surface area (TPSA) is 59.0 Å². The van der Waals surface area contributed by atoms with E-state index >= 15 is 0 Å². The molecule has 2 atom stereocenters. The third-order valence-corrected chi connectivity index (χ3v) is 5.59. The van der Waals surface area contributed by atoms with Gasteiger partial charge in [0.25, 0.3) is 0 Å². The summed E-state index contributed by atoms with van der Waals surface area (Å²) in [5.74, 6) is 1.39. The lowest BCUT2D eigenvalue weighted by molar-refractivity contribution is -0.125. The standard InChI is InChI=1S/C18H30N4O/c1-3-4-13-5-7-15(8-6-13)21-18(23)17-11-19-10-16(17)14-9-20-22(2)12-14/h9,12-13,15-17,19H,3-8,10-11H2,1-2H3,(H,21,23)/t13?,15?,16-,17+/m1/s1. The van der Waals surface area contributed by atoms with Crippen molar-refractivity contribution < 1.29 is 4.79 Å². The molecular weight excluding hydrogens is 288 g/mol. The first kappa shape index (κ1) is 16.5. The zero-order chi connectivity index (χ0) is 16.2. The van der Waals surface area contributed by atoms with Gasteiger partial charge in [-0.1, -0.05) is 19.8 Å². The largest absolute Gasteiger partial charge is 0.353 e. The lowest BCUT2D eigenvalue weighted by Crippen LogP contribution is -2.42. The SMILES string of the molecule is CCCC1CCC(NC(=O)[C@H]2CNC[C@@H]2c2cnn(C)c2)CC1. The van der Waals surface area contributed by atoms with E-state index in [1.165, 1.54) is 31.2 Å². The van der Waals surface area contributed by atoms with Gasteiger partial charge in [-0.15, -0.1) is 0 Å². The number of nitrogens with zero attached hydrogens (tertiary/aromatic N) is 2. The van der Waals surface area contributed by atoms with E-state index in [4.69, 9.17) is 0 Å². The van der Waals surface area contributed by atoms with Gasteiger partial charge in [-0.2, -0.15) is 5.10 Å². The fourth-order valence-electron chi connectivity index (χ4n) is 4.25. The van der Waals surface area contributed by atoms with Gasteiger partial charge < -0.3 is 10.6 Å². The molecule has 2 heterocycles. The molecule has 1 saturated heterocycles. The van der Waals surface area contributed by atoms with E-state index in [2.05, 4.69) is 22.7 Å². The van der Waals surface area contributed by atoms with Crippen molar-refractivity contribution in [2.45, 2.75) is 57.4 Å². The van der Waals surface area contributed by atoms with Crippen molar-refractivity contribution in [3.05, 3.63) is 18.0 Å². The first-order chi connectivity index (χ1) is 11.2. The highest BCUT2D eigenvalue weighted by Gasteiger charge is 2.35. The Bertz CT molecular complexity index is 519. The van der Waals surface area contributed by atoms with Crippen LogP contribution in [-0.4, -0.2) is 34.8 Å². The molecule has 0 aromatic carbocycles. The molecule has 0 bridgehead atoms. The molecule has 2 fully saturated rings. The number of amides is 1. The third kappa shape index (κ3) is 3.94. The molecule has 23 heavy (non-hydrogen) atoms. The van der Waals surface area contributed by atoms with Gasteiger partial charge in [0.2, 0.25) is 5.91 Å². The van der Waals surface area contributed by atoms with Gasteiger partial charge >= 0.3 is 0 Å². The van der Waals surface area contributed by atoms with E-state index in [1.54, 1.807) is 0 Å². The van der Waals surface area contributed by atoms with Crippen LogP contribution in [0, 0.1) is 11.8 Å². The molecule has 3 rings (SSSR count). The van der Waals surface area contributed by atoms with Crippen LogP contribution in [0.25, 0.3) is 0 Å². The number of aromatic nitrogens is 2. The molecule has 1 saturated carbocycles. The summed E-state index contributed by atoms with van der Waals surface area (Å²) in [5.41, 5.74) is 1.17. The summed E-state index contributed by atoms with van der Waals surface area (Å²) < 4.78 is 1.82. The molecule has 1 aromatic heterocycles. The quantitative estimate of drug-likeness (QED) is 0.875. The molecule has 5 heteroatoms. The Morgan fingerprint density at radius 3 is 2.78 bits per heavy atom. The van der Waals surface area contributed by atoms with Crippen LogP contribution >= 0.6 is 0 Å². The summed E-state index contributed by atoms with van der Waals surface area (Å²) in [7, 11) is 1.93. The van der Waals surface area contributed by atoms with Gasteiger partial charge in [-0.05, 0) is 37.2 Å². The van der Waals surface area contributed by atoms with Crippen molar-refractivity contribution >= 4 is 5.91 Å². The molecule has 1 aliphatic carbocycles. The molecule has 1 aromatic rings. The minimum absolute atomic E-state index is 0.0348. The van der Waals surface area contributed by atoms with E-state index in [9.17, 15) is 4.79 Å². The summed E-state index contributed by atoms with van der Waals surface area (Å²) in [6.45, 7) is 3.91. The Balaban J connectivity index is 1.53. The van der Waals surface area contributed by atoms with Crippen molar-refractivity contribution in [2.75, 3.05) is 13.1 Å². The maximum absolute atomic E-state index is 12.7. The molecule has 2 aliphatic rings. The minimum atomic E-state index is 0.0348. The fourth-order valence-corrected chi connectivity index (χ4v) is 4.25. The van der Waals surface area contributed by atoms with Crippen molar-refractivity contribution in [2.24, 2.45) is 18.9 Å². The van der Waals surface area contributed by atoms with E-state index in [0.717, 1.165) is 31.8 Å². The van der Waals surface area contributed by atoms with E-state index in [1.807, 2.05) is 24.1 Å². The van der Waals surface area contributed by atoms with Crippen molar-refractivity contribution in [3.8, 4) is 0 Å². The van der Waals surface area contributed by atoms with Crippen LogP contribution in [0.5, 0.6) is 0 Å². The minimum Gasteiger partial charge on any atom is -0.353 e. The summed E-state index contributed by atoms with van der Waals surface area (Å²) >= 11 is 0. The number of carbonyl (C=O) groups excluding carboxylic acids is 1. The smallest absolute Gasteiger partial charge is 0.225 e. The third-order valence-electron chi connectivity index (χ3n) is 5.59. The highest BCUT2D eigenvalue weighted by atomic mass is 16.2. The molecule has 1 amide bonds. The monoisotopic (exact) mass is 318 g/mol. The summed E-state index contributed by atoms with van der Waals surface area (Å²) in [6.07, 6.45) is 11.4. The number of nitrogens with one attached hydrogen (secondary N) is 2. The lowest BCUT2D eigenvalue weighted by Gasteiger charge is -2.30. The zero-order valence-electron chi connectivity index (χ0n) is 14.4. The zero-order valence-corrected chi connectivity index (χ0v) is 14.4. The molecule has 1 aliphatic heterocycles. The maximum atomic E-state index is 12.7. The number of aryl methyl sites for hydroxylation is 1. The van der Waals surface area contributed by atoms with Crippen LogP contribution in [0.2, 0.25) is 0 Å². The average molecular weight is 318 g/mol. The van der Waals surface area contributed by atoms with Gasteiger partial charge in [0.05, 0.1) is 12.1 Å². The second kappa shape index (κ2) is 7.47. The van der Waals surface area contributed by atoms with Crippen LogP contribution in [0.3, 0.4) is 0 Å². The Labute approximate surface area is 139 Å². The highest BCUT2D eigenvalue weighted by Crippen LogP contribution is 2.30. The maximum Gasteiger partial charge on any atom is 0.225 e. The summed E-state index contributed by atoms with van der Waals surface area (Å²) in [4.78, 5) is 12.7. The average Bonchev–Trinajstić information content (AvgIpc) is 3.18. The van der Waals surface area contributed by atoms with Gasteiger partial charge in [0.15, 0.2) is 0 Å². The van der Waals surface area contributed by atoms with Crippen molar-refractivity contribution in [3.63, 3.8) is 0 Å². The Kier molecular flexibility index (Phi) is 5.36. The van der Waals surface area contributed by atoms with Gasteiger partial charge in [0.1, 0.15) is 0 Å². The summed E-state index contributed by atoms with van der Waals surface area (Å²) in [5, 5.41) is 11.0.